The standard InChI is InChI=1S/C30H51IN6O6/c1-20(2)17-37(23(16-34-27(40)43-29(6,7)8)31(41)35-18-30(9,10)19-38)25(39)22-15-33-26(28(3,4)5)36-24(22)32-14-21-12-11-13-42-21/h11-13,15,20,23,35,38,41H,14,16-19H2,1-10H3,(H,34,40)(H,32,33,36)/t23-/m0/s1. The number of anilines is 1. The van der Waals surface area contributed by atoms with Crippen molar-refractivity contribution < 1.29 is 27.3 Å². The third-order valence-electron chi connectivity index (χ3n) is 6.02. The zero-order valence-electron chi connectivity index (χ0n) is 27.2. The summed E-state index contributed by atoms with van der Waals surface area (Å²) in [5.41, 5.74) is -1.33. The van der Waals surface area contributed by atoms with E-state index in [1.807, 2.05) is 54.5 Å². The molecule has 0 saturated heterocycles. The Balaban J connectivity index is 2.52. The van der Waals surface area contributed by atoms with Gasteiger partial charge in [0.25, 0.3) is 0 Å². The number of halogens is 1. The first-order valence-corrected chi connectivity index (χ1v) is 17.8. The number of aromatic nitrogens is 2. The molecule has 0 unspecified atom stereocenters. The van der Waals surface area contributed by atoms with Crippen LogP contribution in [0.1, 0.15) is 91.2 Å². The number of nitrogens with zero attached hydrogens (tertiary/aromatic N) is 3. The van der Waals surface area contributed by atoms with Crippen molar-refractivity contribution in [3.05, 3.63) is 41.7 Å². The van der Waals surface area contributed by atoms with Crippen LogP contribution in [-0.4, -0.2) is 71.3 Å². The molecule has 0 aliphatic carbocycles. The average molecular weight is 719 g/mol. The number of alkyl carbamates (subject to hydrolysis) is 1. The summed E-state index contributed by atoms with van der Waals surface area (Å²) >= 11 is -3.17. The van der Waals surface area contributed by atoms with Crippen molar-refractivity contribution >= 4 is 38.3 Å². The fourth-order valence-corrected chi connectivity index (χ4v) is 7.35. The summed E-state index contributed by atoms with van der Waals surface area (Å²) in [5.74, 6) is 1.24. The second-order valence-corrected chi connectivity index (χ2v) is 17.6. The molecule has 0 saturated carbocycles. The van der Waals surface area contributed by atoms with Crippen molar-refractivity contribution in [2.45, 2.75) is 90.8 Å². The summed E-state index contributed by atoms with van der Waals surface area (Å²) in [4.78, 5) is 37.9. The van der Waals surface area contributed by atoms with Crippen LogP contribution in [0.5, 0.6) is 0 Å². The number of ether oxygens (including phenoxy) is 1. The Morgan fingerprint density at radius 2 is 1.81 bits per heavy atom. The molecule has 0 aliphatic rings. The van der Waals surface area contributed by atoms with Crippen LogP contribution in [0, 0.1) is 11.3 Å². The molecule has 43 heavy (non-hydrogen) atoms. The topological polar surface area (TPSA) is 162 Å². The normalized spacial score (nSPS) is 13.5. The molecule has 0 bridgehead atoms. The molecule has 244 valence electrons. The molecule has 12 nitrogen and oxygen atoms in total. The number of aliphatic hydroxyl groups excluding tert-OH is 1. The zero-order chi connectivity index (χ0) is 32.6. The zero-order valence-corrected chi connectivity index (χ0v) is 29.4. The first kappa shape index (κ1) is 36.7. The van der Waals surface area contributed by atoms with E-state index in [0.717, 1.165) is 0 Å². The van der Waals surface area contributed by atoms with Crippen molar-refractivity contribution in [2.24, 2.45) is 11.3 Å². The van der Waals surface area contributed by atoms with Gasteiger partial charge in [0.15, 0.2) is 0 Å². The Morgan fingerprint density at radius 1 is 1.14 bits per heavy atom. The van der Waals surface area contributed by atoms with Gasteiger partial charge in [-0.3, -0.25) is 0 Å². The summed E-state index contributed by atoms with van der Waals surface area (Å²) in [6.45, 7) is 19.8. The average Bonchev–Trinajstić information content (AvgIpc) is 3.41. The maximum atomic E-state index is 14.4. The molecule has 0 aromatic carbocycles. The van der Waals surface area contributed by atoms with Crippen LogP contribution in [0.2, 0.25) is 0 Å². The second-order valence-electron chi connectivity index (χ2n) is 13.7. The van der Waals surface area contributed by atoms with E-state index in [-0.39, 0.29) is 36.0 Å². The quantitative estimate of drug-likeness (QED) is 0.0790. The molecule has 2 amide bonds. The van der Waals surface area contributed by atoms with Crippen LogP contribution in [0.25, 0.3) is 0 Å². The van der Waals surface area contributed by atoms with Crippen molar-refractivity contribution in [3.8, 4) is 0 Å². The molecule has 0 radical (unpaired) electrons. The van der Waals surface area contributed by atoms with Crippen molar-refractivity contribution in [3.63, 3.8) is 0 Å². The van der Waals surface area contributed by atoms with Gasteiger partial charge in [-0.2, -0.15) is 0 Å². The molecule has 2 aromatic heterocycles. The van der Waals surface area contributed by atoms with E-state index in [1.165, 1.54) is 6.20 Å². The minimum absolute atomic E-state index is 0.0304. The Kier molecular flexibility index (Phi) is 13.2. The van der Waals surface area contributed by atoms with Crippen molar-refractivity contribution in [1.82, 2.24) is 23.7 Å². The molecule has 0 aliphatic heterocycles. The van der Waals surface area contributed by atoms with Gasteiger partial charge in [0.05, 0.1) is 0 Å². The number of hydrogen-bond donors (Lipinski definition) is 5. The van der Waals surface area contributed by atoms with Gasteiger partial charge >= 0.3 is 265 Å². The number of aliphatic hydroxyl groups is 1. The van der Waals surface area contributed by atoms with E-state index in [9.17, 15) is 18.1 Å². The number of nitrogens with one attached hydrogen (secondary N) is 3. The molecular formula is C30H51IN6O6. The third-order valence-corrected chi connectivity index (χ3v) is 9.66. The van der Waals surface area contributed by atoms with Crippen LogP contribution in [0.4, 0.5) is 10.6 Å². The molecule has 5 N–H and O–H groups in total. The fourth-order valence-electron chi connectivity index (χ4n) is 3.66. The first-order valence-electron chi connectivity index (χ1n) is 14.5. The Labute approximate surface area is 264 Å². The number of amides is 2. The van der Waals surface area contributed by atoms with Crippen LogP contribution >= 0.6 is 20.5 Å². The molecule has 1 atom stereocenters. The predicted molar refractivity (Wildman–Crippen MR) is 176 cm³/mol. The van der Waals surface area contributed by atoms with E-state index >= 15 is 0 Å². The van der Waals surface area contributed by atoms with Gasteiger partial charge in [-0.1, -0.05) is 0 Å². The van der Waals surface area contributed by atoms with Gasteiger partial charge in [0.1, 0.15) is 0 Å². The van der Waals surface area contributed by atoms with Crippen molar-refractivity contribution in [2.75, 3.05) is 31.6 Å². The Bertz CT molecular complexity index is 1180. The van der Waals surface area contributed by atoms with Gasteiger partial charge in [-0.15, -0.1) is 0 Å². The van der Waals surface area contributed by atoms with Crippen LogP contribution in [-0.2, 0) is 16.7 Å². The number of carbonyl (C=O) groups excluding carboxylic acids is 2. The number of alkyl halides is 1. The molecule has 2 heterocycles. The first-order chi connectivity index (χ1) is 19.8. The summed E-state index contributed by atoms with van der Waals surface area (Å²) < 4.78 is 24.9. The number of rotatable bonds is 14. The second kappa shape index (κ2) is 15.5. The minimum atomic E-state index is -3.17. The van der Waals surface area contributed by atoms with Gasteiger partial charge in [-0.05, 0) is 0 Å². The summed E-state index contributed by atoms with van der Waals surface area (Å²) in [6, 6.07) is 3.61. The molecular weight excluding hydrogens is 667 g/mol. The number of furan rings is 1. The van der Waals surface area contributed by atoms with E-state index < -0.39 is 41.7 Å². The van der Waals surface area contributed by atoms with E-state index in [2.05, 4.69) is 19.1 Å². The SMILES string of the molecule is CC(C)CN(C(=O)c1cnc(C(C)(C)C)nc1NCc1ccco1)[C@@H](CNC(=O)OC(C)(C)C)I(O)NCC(C)(C)CO. The van der Waals surface area contributed by atoms with Gasteiger partial charge < -0.3 is 0 Å². The van der Waals surface area contributed by atoms with E-state index in [4.69, 9.17) is 14.1 Å². The number of hydrogen-bond acceptors (Lipinski definition) is 10. The van der Waals surface area contributed by atoms with Gasteiger partial charge in [-0.25, -0.2) is 0 Å². The van der Waals surface area contributed by atoms with Crippen LogP contribution < -0.4 is 14.2 Å². The molecule has 0 spiro atoms. The summed E-state index contributed by atoms with van der Waals surface area (Å²) in [6.07, 6.45) is 2.45. The fraction of sp³-hybridized carbons (Fsp3) is 0.667. The molecule has 0 fully saturated rings. The predicted octanol–water partition coefficient (Wildman–Crippen LogP) is 4.87. The summed E-state index contributed by atoms with van der Waals surface area (Å²) in [7, 11) is 0. The van der Waals surface area contributed by atoms with Crippen LogP contribution in [0.3, 0.4) is 0 Å². The Hall–Kier alpha value is -2.49. The Morgan fingerprint density at radius 3 is 2.35 bits per heavy atom. The van der Waals surface area contributed by atoms with Gasteiger partial charge in [0.2, 0.25) is 0 Å². The van der Waals surface area contributed by atoms with Crippen LogP contribution in [0.15, 0.2) is 29.0 Å². The van der Waals surface area contributed by atoms with Crippen molar-refractivity contribution in [1.29, 1.82) is 0 Å². The third kappa shape index (κ3) is 12.2. The monoisotopic (exact) mass is 718 g/mol. The molecule has 2 rings (SSSR count). The number of carbonyl (C=O) groups is 2. The van der Waals surface area contributed by atoms with Gasteiger partial charge in [0, 0.05) is 0 Å². The molecule has 13 heteroatoms. The van der Waals surface area contributed by atoms with E-state index in [1.54, 1.807) is 38.0 Å². The summed E-state index contributed by atoms with van der Waals surface area (Å²) in [5, 5.41) is 15.7. The maximum absolute atomic E-state index is 14.4. The molecule has 2 aromatic rings. The van der Waals surface area contributed by atoms with E-state index in [0.29, 0.717) is 37.0 Å².